The van der Waals surface area contributed by atoms with Crippen molar-refractivity contribution in [2.75, 3.05) is 6.61 Å². The van der Waals surface area contributed by atoms with Crippen molar-refractivity contribution in [2.45, 2.75) is 84.0 Å². The highest BCUT2D eigenvalue weighted by Crippen LogP contribution is 2.47. The molecule has 0 aromatic heterocycles. The molecule has 2 aromatic carbocycles. The minimum absolute atomic E-state index is 0.662. The molecule has 1 nitrogen and oxygen atoms in total. The van der Waals surface area contributed by atoms with E-state index in [1.54, 1.807) is 55.1 Å². The van der Waals surface area contributed by atoms with Gasteiger partial charge in [0.05, 0.1) is 8.15 Å². The lowest BCUT2D eigenvalue weighted by Gasteiger charge is -2.28. The van der Waals surface area contributed by atoms with E-state index in [-0.39, 0.29) is 0 Å². The zero-order valence-electron chi connectivity index (χ0n) is 17.2. The van der Waals surface area contributed by atoms with Crippen LogP contribution in [0.3, 0.4) is 0 Å². The molecular weight excluding hydrogens is 359 g/mol. The molecule has 6 rings (SSSR count). The van der Waals surface area contributed by atoms with Crippen LogP contribution in [0, 0.1) is 0 Å². The zero-order chi connectivity index (χ0) is 18.7. The lowest BCUT2D eigenvalue weighted by Crippen LogP contribution is -2.26. The van der Waals surface area contributed by atoms with Gasteiger partial charge in [0, 0.05) is 17.2 Å². The van der Waals surface area contributed by atoms with Gasteiger partial charge >= 0.3 is 0 Å². The Hall–Kier alpha value is -1.17. The number of aryl methyl sites for hydroxylation is 4. The summed E-state index contributed by atoms with van der Waals surface area (Å²) >= 11 is 0. The van der Waals surface area contributed by atoms with Crippen molar-refractivity contribution < 1.29 is 4.52 Å². The first kappa shape index (κ1) is 17.7. The van der Waals surface area contributed by atoms with Crippen LogP contribution < -0.4 is 10.6 Å². The van der Waals surface area contributed by atoms with Gasteiger partial charge in [-0.3, -0.25) is 0 Å². The molecule has 0 amide bonds. The molecule has 0 atom stereocenters. The highest BCUT2D eigenvalue weighted by atomic mass is 31.1. The topological polar surface area (TPSA) is 9.23 Å². The Kier molecular flexibility index (Phi) is 4.39. The van der Waals surface area contributed by atoms with E-state index in [9.17, 15) is 0 Å². The standard InChI is InChI=1S/C26H31OP/c1-2-27-28(25-21-11-3-7-17(21)15-18-8-4-12-22(18)25)26-23-13-5-9-19(23)16-20-10-6-14-24(20)26/h15-16H,2-14H2,1H3. The largest absolute Gasteiger partial charge is 0.350 e. The predicted molar refractivity (Wildman–Crippen MR) is 119 cm³/mol. The number of rotatable bonds is 4. The first-order valence-corrected chi connectivity index (χ1v) is 12.9. The first-order chi connectivity index (χ1) is 13.8. The Balaban J connectivity index is 1.62. The number of hydrogen-bond donors (Lipinski definition) is 0. The van der Waals surface area contributed by atoms with E-state index in [1.807, 2.05) is 0 Å². The van der Waals surface area contributed by atoms with Crippen molar-refractivity contribution >= 4 is 18.8 Å². The van der Waals surface area contributed by atoms with Crippen LogP contribution in [0.5, 0.6) is 0 Å². The van der Waals surface area contributed by atoms with E-state index in [1.165, 1.54) is 77.0 Å². The van der Waals surface area contributed by atoms with Crippen LogP contribution in [-0.4, -0.2) is 6.61 Å². The van der Waals surface area contributed by atoms with Gasteiger partial charge in [0.2, 0.25) is 0 Å². The summed E-state index contributed by atoms with van der Waals surface area (Å²) in [5.41, 5.74) is 13.4. The van der Waals surface area contributed by atoms with E-state index in [2.05, 4.69) is 19.1 Å². The first-order valence-electron chi connectivity index (χ1n) is 11.6. The van der Waals surface area contributed by atoms with Crippen LogP contribution in [-0.2, 0) is 55.9 Å². The molecule has 2 aromatic rings. The van der Waals surface area contributed by atoms with Crippen LogP contribution in [0.2, 0.25) is 0 Å². The maximum absolute atomic E-state index is 6.78. The Morgan fingerprint density at radius 3 is 1.29 bits per heavy atom. The van der Waals surface area contributed by atoms with Crippen molar-refractivity contribution in [3.63, 3.8) is 0 Å². The van der Waals surface area contributed by atoms with Crippen molar-refractivity contribution in [1.82, 2.24) is 0 Å². The Labute approximate surface area is 170 Å². The maximum Gasteiger partial charge on any atom is 0.0928 e. The third kappa shape index (κ3) is 2.59. The summed E-state index contributed by atoms with van der Waals surface area (Å²) in [5, 5.41) is 3.38. The van der Waals surface area contributed by atoms with Crippen molar-refractivity contribution in [3.8, 4) is 0 Å². The van der Waals surface area contributed by atoms with Gasteiger partial charge in [-0.15, -0.1) is 0 Å². The minimum atomic E-state index is -0.662. The van der Waals surface area contributed by atoms with Crippen LogP contribution >= 0.6 is 8.15 Å². The average molecular weight is 391 g/mol. The van der Waals surface area contributed by atoms with Gasteiger partial charge in [0.25, 0.3) is 0 Å². The quantitative estimate of drug-likeness (QED) is 0.666. The van der Waals surface area contributed by atoms with E-state index in [4.69, 9.17) is 4.52 Å². The summed E-state index contributed by atoms with van der Waals surface area (Å²) in [4.78, 5) is 0. The second kappa shape index (κ2) is 6.96. The highest BCUT2D eigenvalue weighted by molar-refractivity contribution is 7.69. The molecule has 0 heterocycles. The van der Waals surface area contributed by atoms with Gasteiger partial charge in [0.15, 0.2) is 0 Å². The number of benzene rings is 2. The molecule has 0 radical (unpaired) electrons. The average Bonchev–Trinajstić information content (AvgIpc) is 3.48. The van der Waals surface area contributed by atoms with Gasteiger partial charge in [-0.2, -0.15) is 0 Å². The third-order valence-corrected chi connectivity index (χ3v) is 9.96. The molecule has 0 N–H and O–H groups in total. The second-order valence-corrected chi connectivity index (χ2v) is 10.9. The molecule has 0 bridgehead atoms. The number of fused-ring (bicyclic) bond motifs is 4. The van der Waals surface area contributed by atoms with Crippen molar-refractivity contribution in [3.05, 3.63) is 56.6 Å². The summed E-state index contributed by atoms with van der Waals surface area (Å²) in [7, 11) is -0.662. The summed E-state index contributed by atoms with van der Waals surface area (Å²) < 4.78 is 6.78. The van der Waals surface area contributed by atoms with Crippen LogP contribution in [0.25, 0.3) is 0 Å². The second-order valence-electron chi connectivity index (χ2n) is 9.13. The molecule has 0 saturated heterocycles. The van der Waals surface area contributed by atoms with Gasteiger partial charge in [-0.25, -0.2) is 0 Å². The highest BCUT2D eigenvalue weighted by Gasteiger charge is 2.35. The van der Waals surface area contributed by atoms with E-state index in [0.717, 1.165) is 6.61 Å². The molecule has 0 spiro atoms. The van der Waals surface area contributed by atoms with E-state index < -0.39 is 8.15 Å². The van der Waals surface area contributed by atoms with Crippen molar-refractivity contribution in [2.24, 2.45) is 0 Å². The van der Waals surface area contributed by atoms with Crippen LogP contribution in [0.1, 0.15) is 77.1 Å². The summed E-state index contributed by atoms with van der Waals surface area (Å²) in [6.45, 7) is 3.05. The minimum Gasteiger partial charge on any atom is -0.350 e. The number of hydrogen-bond acceptors (Lipinski definition) is 1. The molecule has 0 saturated carbocycles. The third-order valence-electron chi connectivity index (χ3n) is 7.55. The monoisotopic (exact) mass is 390 g/mol. The molecular formula is C26H31OP. The molecule has 4 aliphatic rings. The fourth-order valence-corrected chi connectivity index (χ4v) is 9.17. The summed E-state index contributed by atoms with van der Waals surface area (Å²) in [6, 6.07) is 5.15. The zero-order valence-corrected chi connectivity index (χ0v) is 18.1. The molecule has 146 valence electrons. The normalized spacial score (nSPS) is 19.2. The van der Waals surface area contributed by atoms with Gasteiger partial charge in [0.1, 0.15) is 0 Å². The lowest BCUT2D eigenvalue weighted by molar-refractivity contribution is 0.387. The summed E-state index contributed by atoms with van der Waals surface area (Å²) in [5.74, 6) is 0. The summed E-state index contributed by atoms with van der Waals surface area (Å²) in [6.07, 6.45) is 15.6. The SMILES string of the molecule is CCOP(c1c2c(cc3c1CCC3)CCC2)c1c2c(cc3c1CCC3)CCC2. The van der Waals surface area contributed by atoms with E-state index in [0.29, 0.717) is 0 Å². The Morgan fingerprint density at radius 2 is 0.964 bits per heavy atom. The molecule has 4 aliphatic carbocycles. The molecule has 0 fully saturated rings. The molecule has 0 aliphatic heterocycles. The Morgan fingerprint density at radius 1 is 0.607 bits per heavy atom. The van der Waals surface area contributed by atoms with Gasteiger partial charge in [-0.05, 0) is 128 Å². The van der Waals surface area contributed by atoms with Crippen LogP contribution in [0.4, 0.5) is 0 Å². The van der Waals surface area contributed by atoms with E-state index >= 15 is 0 Å². The Bertz CT molecular complexity index is 818. The fourth-order valence-electron chi connectivity index (χ4n) is 6.43. The molecule has 0 unspecified atom stereocenters. The van der Waals surface area contributed by atoms with Crippen molar-refractivity contribution in [1.29, 1.82) is 0 Å². The fraction of sp³-hybridized carbons (Fsp3) is 0.538. The predicted octanol–water partition coefficient (Wildman–Crippen LogP) is 5.03. The lowest BCUT2D eigenvalue weighted by atomic mass is 10.0. The molecule has 28 heavy (non-hydrogen) atoms. The van der Waals surface area contributed by atoms with Gasteiger partial charge in [-0.1, -0.05) is 12.1 Å². The smallest absolute Gasteiger partial charge is 0.0928 e. The molecule has 2 heteroatoms. The maximum atomic E-state index is 6.78. The van der Waals surface area contributed by atoms with Crippen LogP contribution in [0.15, 0.2) is 12.1 Å². The van der Waals surface area contributed by atoms with Gasteiger partial charge < -0.3 is 4.52 Å².